The molecule has 0 unspecified atom stereocenters. The number of aromatic nitrogens is 2. The van der Waals surface area contributed by atoms with Crippen molar-refractivity contribution in [1.82, 2.24) is 15.1 Å². The minimum Gasteiger partial charge on any atom is -0.493 e. The lowest BCUT2D eigenvalue weighted by Gasteiger charge is -2.08. The lowest BCUT2D eigenvalue weighted by atomic mass is 10.2. The van der Waals surface area contributed by atoms with Crippen LogP contribution in [0.1, 0.15) is 43.2 Å². The third kappa shape index (κ3) is 5.45. The van der Waals surface area contributed by atoms with Crippen molar-refractivity contribution in [2.24, 2.45) is 18.0 Å². The van der Waals surface area contributed by atoms with E-state index in [9.17, 15) is 4.79 Å². The summed E-state index contributed by atoms with van der Waals surface area (Å²) < 4.78 is 7.27. The first-order valence-electron chi connectivity index (χ1n) is 8.58. The van der Waals surface area contributed by atoms with Gasteiger partial charge in [-0.3, -0.25) is 14.5 Å². The van der Waals surface area contributed by atoms with Gasteiger partial charge in [0.25, 0.3) is 5.91 Å². The fraction of sp³-hybridized carbons (Fsp3) is 0.421. The van der Waals surface area contributed by atoms with E-state index in [1.165, 1.54) is 0 Å². The quantitative estimate of drug-likeness (QED) is 0.748. The highest BCUT2D eigenvalue weighted by molar-refractivity contribution is 5.98. The van der Waals surface area contributed by atoms with Gasteiger partial charge in [-0.1, -0.05) is 32.9 Å². The first-order valence-corrected chi connectivity index (χ1v) is 8.58. The fourth-order valence-electron chi connectivity index (χ4n) is 2.20. The molecule has 25 heavy (non-hydrogen) atoms. The second-order valence-electron chi connectivity index (χ2n) is 6.29. The van der Waals surface area contributed by atoms with Crippen LogP contribution in [0.3, 0.4) is 0 Å². The van der Waals surface area contributed by atoms with Crippen molar-refractivity contribution in [3.05, 3.63) is 41.7 Å². The number of amides is 1. The topological polar surface area (TPSA) is 68.5 Å². The Hall–Kier alpha value is -2.63. The van der Waals surface area contributed by atoms with E-state index in [4.69, 9.17) is 4.74 Å². The molecule has 2 rings (SSSR count). The molecule has 1 amide bonds. The number of carbonyl (C=O) groups excluding carboxylic acids is 1. The van der Waals surface area contributed by atoms with E-state index in [0.29, 0.717) is 30.5 Å². The SMILES string of the molecule is CCCNC(=O)c1c(N=Cc2cccc(OCC(C)C)c2)cnn1C. The minimum absolute atomic E-state index is 0.164. The van der Waals surface area contributed by atoms with Gasteiger partial charge in [0.15, 0.2) is 5.69 Å². The van der Waals surface area contributed by atoms with E-state index in [-0.39, 0.29) is 5.91 Å². The van der Waals surface area contributed by atoms with Gasteiger partial charge in [-0.05, 0) is 30.0 Å². The first kappa shape index (κ1) is 18.7. The van der Waals surface area contributed by atoms with Crippen LogP contribution in [0.5, 0.6) is 5.75 Å². The Morgan fingerprint density at radius 3 is 2.96 bits per heavy atom. The van der Waals surface area contributed by atoms with Gasteiger partial charge < -0.3 is 10.1 Å². The molecule has 0 fully saturated rings. The Labute approximate surface area is 148 Å². The number of benzene rings is 1. The summed E-state index contributed by atoms with van der Waals surface area (Å²) in [5, 5.41) is 7.00. The average molecular weight is 342 g/mol. The summed E-state index contributed by atoms with van der Waals surface area (Å²) in [6.07, 6.45) is 4.19. The van der Waals surface area contributed by atoms with Gasteiger partial charge in [0.1, 0.15) is 11.4 Å². The molecule has 1 aromatic heterocycles. The van der Waals surface area contributed by atoms with Crippen LogP contribution in [-0.4, -0.2) is 35.1 Å². The molecule has 0 radical (unpaired) electrons. The Morgan fingerprint density at radius 2 is 2.24 bits per heavy atom. The van der Waals surface area contributed by atoms with E-state index in [2.05, 4.69) is 29.3 Å². The van der Waals surface area contributed by atoms with Crippen molar-refractivity contribution in [3.63, 3.8) is 0 Å². The Bertz CT molecular complexity index is 735. The summed E-state index contributed by atoms with van der Waals surface area (Å²) in [7, 11) is 1.74. The van der Waals surface area contributed by atoms with Gasteiger partial charge in [0.05, 0.1) is 12.8 Å². The molecule has 0 saturated heterocycles. The number of hydrogen-bond donors (Lipinski definition) is 1. The predicted octanol–water partition coefficient (Wildman–Crippen LogP) is 3.35. The van der Waals surface area contributed by atoms with Gasteiger partial charge >= 0.3 is 0 Å². The van der Waals surface area contributed by atoms with Crippen LogP contribution >= 0.6 is 0 Å². The zero-order valence-corrected chi connectivity index (χ0v) is 15.3. The lowest BCUT2D eigenvalue weighted by molar-refractivity contribution is 0.0945. The summed E-state index contributed by atoms with van der Waals surface area (Å²) in [5.41, 5.74) is 1.91. The molecule has 0 spiro atoms. The summed E-state index contributed by atoms with van der Waals surface area (Å²) in [4.78, 5) is 16.7. The molecule has 0 aliphatic rings. The largest absolute Gasteiger partial charge is 0.493 e. The van der Waals surface area contributed by atoms with Gasteiger partial charge in [-0.2, -0.15) is 5.10 Å². The molecule has 0 atom stereocenters. The van der Waals surface area contributed by atoms with E-state index in [0.717, 1.165) is 17.7 Å². The molecular weight excluding hydrogens is 316 g/mol. The van der Waals surface area contributed by atoms with E-state index >= 15 is 0 Å². The van der Waals surface area contributed by atoms with Crippen molar-refractivity contribution in [1.29, 1.82) is 0 Å². The predicted molar refractivity (Wildman–Crippen MR) is 99.9 cm³/mol. The van der Waals surface area contributed by atoms with Gasteiger partial charge in [-0.25, -0.2) is 0 Å². The van der Waals surface area contributed by atoms with E-state index in [1.807, 2.05) is 31.2 Å². The van der Waals surface area contributed by atoms with Crippen LogP contribution in [0.4, 0.5) is 5.69 Å². The molecule has 6 nitrogen and oxygen atoms in total. The van der Waals surface area contributed by atoms with Crippen LogP contribution in [0.15, 0.2) is 35.5 Å². The van der Waals surface area contributed by atoms with Gasteiger partial charge in [0, 0.05) is 19.8 Å². The summed E-state index contributed by atoms with van der Waals surface area (Å²) >= 11 is 0. The highest BCUT2D eigenvalue weighted by atomic mass is 16.5. The van der Waals surface area contributed by atoms with Crippen molar-refractivity contribution in [3.8, 4) is 5.75 Å². The Kier molecular flexibility index (Phi) is 6.74. The fourth-order valence-corrected chi connectivity index (χ4v) is 2.20. The maximum absolute atomic E-state index is 12.3. The number of ether oxygens (including phenoxy) is 1. The number of nitrogens with zero attached hydrogens (tertiary/aromatic N) is 3. The minimum atomic E-state index is -0.164. The third-order valence-corrected chi connectivity index (χ3v) is 3.46. The molecule has 0 aliphatic heterocycles. The molecule has 0 saturated carbocycles. The number of rotatable bonds is 8. The lowest BCUT2D eigenvalue weighted by Crippen LogP contribution is -2.26. The van der Waals surface area contributed by atoms with E-state index in [1.54, 1.807) is 24.1 Å². The van der Waals surface area contributed by atoms with Crippen molar-refractivity contribution in [2.75, 3.05) is 13.2 Å². The zero-order chi connectivity index (χ0) is 18.2. The number of hydrogen-bond acceptors (Lipinski definition) is 4. The molecule has 1 heterocycles. The monoisotopic (exact) mass is 342 g/mol. The second kappa shape index (κ2) is 9.01. The highest BCUT2D eigenvalue weighted by Gasteiger charge is 2.15. The van der Waals surface area contributed by atoms with Gasteiger partial charge in [0.2, 0.25) is 0 Å². The third-order valence-electron chi connectivity index (χ3n) is 3.46. The number of aliphatic imine (C=N–C) groups is 1. The standard InChI is InChI=1S/C19H26N4O2/c1-5-9-20-19(24)18-17(12-22-23(18)4)21-11-15-7-6-8-16(10-15)25-13-14(2)3/h6-8,10-12,14H,5,9,13H2,1-4H3,(H,20,24). The second-order valence-corrected chi connectivity index (χ2v) is 6.29. The molecule has 1 N–H and O–H groups in total. The summed E-state index contributed by atoms with van der Waals surface area (Å²) in [5.74, 6) is 1.12. The van der Waals surface area contributed by atoms with Crippen molar-refractivity contribution >= 4 is 17.8 Å². The molecule has 134 valence electrons. The summed E-state index contributed by atoms with van der Waals surface area (Å²) in [6, 6.07) is 7.72. The van der Waals surface area contributed by atoms with Crippen LogP contribution in [0.25, 0.3) is 0 Å². The number of nitrogens with one attached hydrogen (secondary N) is 1. The molecule has 0 aliphatic carbocycles. The average Bonchev–Trinajstić information content (AvgIpc) is 2.97. The number of aryl methyl sites for hydroxylation is 1. The van der Waals surface area contributed by atoms with Crippen LogP contribution in [0.2, 0.25) is 0 Å². The van der Waals surface area contributed by atoms with Crippen LogP contribution < -0.4 is 10.1 Å². The molecule has 1 aromatic carbocycles. The van der Waals surface area contributed by atoms with Gasteiger partial charge in [-0.15, -0.1) is 0 Å². The molecule has 0 bridgehead atoms. The van der Waals surface area contributed by atoms with Crippen molar-refractivity contribution in [2.45, 2.75) is 27.2 Å². The maximum atomic E-state index is 12.3. The summed E-state index contributed by atoms with van der Waals surface area (Å²) in [6.45, 7) is 7.53. The maximum Gasteiger partial charge on any atom is 0.271 e. The van der Waals surface area contributed by atoms with Crippen LogP contribution in [-0.2, 0) is 7.05 Å². The first-order chi connectivity index (χ1) is 12.0. The van der Waals surface area contributed by atoms with Crippen molar-refractivity contribution < 1.29 is 9.53 Å². The molecular formula is C19H26N4O2. The number of carbonyl (C=O) groups is 1. The smallest absolute Gasteiger partial charge is 0.271 e. The molecule has 6 heteroatoms. The Morgan fingerprint density at radius 1 is 1.44 bits per heavy atom. The van der Waals surface area contributed by atoms with E-state index < -0.39 is 0 Å². The van der Waals surface area contributed by atoms with Crippen LogP contribution in [0, 0.1) is 5.92 Å². The molecule has 2 aromatic rings. The Balaban J connectivity index is 2.14. The zero-order valence-electron chi connectivity index (χ0n) is 15.3. The normalized spacial score (nSPS) is 11.2. The highest BCUT2D eigenvalue weighted by Crippen LogP contribution is 2.19.